The number of rotatable bonds is 0. The van der Waals surface area contributed by atoms with Crippen LogP contribution < -0.4 is 14.2 Å². The number of fused-ring (bicyclic) bond motifs is 6. The molecule has 4 nitrogen and oxygen atoms in total. The molecule has 3 heterocycles. The molecule has 3 aliphatic heterocycles. The van der Waals surface area contributed by atoms with Crippen LogP contribution in [0.1, 0.15) is 35.4 Å². The van der Waals surface area contributed by atoms with E-state index >= 15 is 0 Å². The van der Waals surface area contributed by atoms with E-state index in [1.165, 1.54) is 0 Å². The van der Waals surface area contributed by atoms with Crippen LogP contribution in [0.3, 0.4) is 0 Å². The Morgan fingerprint density at radius 2 is 0.857 bits per heavy atom. The number of hydrogen-bond acceptors (Lipinski definition) is 4. The Morgan fingerprint density at radius 1 is 0.536 bits per heavy atom. The third-order valence-corrected chi connectivity index (χ3v) is 5.95. The molecule has 0 radical (unpaired) electrons. The van der Waals surface area contributed by atoms with Crippen LogP contribution in [0, 0.1) is 0 Å². The van der Waals surface area contributed by atoms with E-state index in [0.29, 0.717) is 15.1 Å². The van der Waals surface area contributed by atoms with Crippen LogP contribution in [0.5, 0.6) is 17.2 Å². The average Bonchev–Trinajstić information content (AvgIpc) is 2.69. The largest absolute Gasteiger partial charge is 0.470 e. The summed E-state index contributed by atoms with van der Waals surface area (Å²) in [6.07, 6.45) is -1.25. The summed E-state index contributed by atoms with van der Waals surface area (Å²) in [7, 11) is 0. The van der Waals surface area contributed by atoms with Gasteiger partial charge in [-0.2, -0.15) is 4.90 Å². The molecule has 3 aromatic rings. The van der Waals surface area contributed by atoms with Crippen LogP contribution in [-0.2, 0) is 0 Å². The minimum Gasteiger partial charge on any atom is -0.470 e. The van der Waals surface area contributed by atoms with Gasteiger partial charge in [0.1, 0.15) is 17.2 Å². The first-order valence-electron chi connectivity index (χ1n) is 8.74. The van der Waals surface area contributed by atoms with E-state index in [-0.39, 0.29) is 0 Å². The van der Waals surface area contributed by atoms with Crippen LogP contribution in [0.4, 0.5) is 0 Å². The molecule has 28 heavy (non-hydrogen) atoms. The minimum atomic E-state index is -0.418. The second-order valence-electron chi connectivity index (χ2n) is 6.90. The maximum atomic E-state index is 6.37. The first-order valence-corrected chi connectivity index (χ1v) is 9.88. The molecule has 3 unspecified atom stereocenters. The fraction of sp³-hybridized carbons (Fsp3) is 0.143. The molecule has 0 saturated carbocycles. The van der Waals surface area contributed by atoms with Crippen molar-refractivity contribution < 1.29 is 14.2 Å². The zero-order valence-corrected chi connectivity index (χ0v) is 16.5. The van der Waals surface area contributed by atoms with Gasteiger partial charge in [-0.25, -0.2) is 0 Å². The summed E-state index contributed by atoms with van der Waals surface area (Å²) in [5.41, 5.74) is 2.55. The zero-order chi connectivity index (χ0) is 19.0. The Kier molecular flexibility index (Phi) is 3.57. The average molecular weight is 433 g/mol. The lowest BCUT2D eigenvalue weighted by molar-refractivity contribution is -0.202. The van der Waals surface area contributed by atoms with Crippen molar-refractivity contribution in [1.29, 1.82) is 0 Å². The van der Waals surface area contributed by atoms with E-state index in [1.807, 2.05) is 59.5 Å². The van der Waals surface area contributed by atoms with Crippen molar-refractivity contribution in [3.63, 3.8) is 0 Å². The summed E-state index contributed by atoms with van der Waals surface area (Å²) < 4.78 is 19.1. The van der Waals surface area contributed by atoms with Crippen LogP contribution >= 0.6 is 34.8 Å². The van der Waals surface area contributed by atoms with Gasteiger partial charge >= 0.3 is 0 Å². The van der Waals surface area contributed by atoms with Crippen molar-refractivity contribution in [3.05, 3.63) is 86.4 Å². The second kappa shape index (κ2) is 5.94. The minimum absolute atomic E-state index is 0.418. The lowest BCUT2D eigenvalue weighted by Gasteiger charge is -2.51. The molecule has 0 aliphatic carbocycles. The Bertz CT molecular complexity index is 994. The normalized spacial score (nSPS) is 23.9. The molecule has 3 aromatic carbocycles. The van der Waals surface area contributed by atoms with E-state index in [4.69, 9.17) is 49.0 Å². The van der Waals surface area contributed by atoms with Crippen molar-refractivity contribution >= 4 is 34.8 Å². The summed E-state index contributed by atoms with van der Waals surface area (Å²) >= 11 is 18.8. The lowest BCUT2D eigenvalue weighted by atomic mass is 9.99. The highest BCUT2D eigenvalue weighted by atomic mass is 35.5. The maximum absolute atomic E-state index is 6.37. The topological polar surface area (TPSA) is 30.9 Å². The molecule has 0 N–H and O–H groups in total. The quantitative estimate of drug-likeness (QED) is 0.404. The van der Waals surface area contributed by atoms with Crippen LogP contribution in [0.25, 0.3) is 0 Å². The first kappa shape index (κ1) is 16.8. The van der Waals surface area contributed by atoms with Crippen molar-refractivity contribution in [2.45, 2.75) is 18.7 Å². The molecule has 0 bridgehead atoms. The third kappa shape index (κ3) is 2.36. The first-order chi connectivity index (χ1) is 13.6. The third-order valence-electron chi connectivity index (χ3n) is 5.24. The van der Waals surface area contributed by atoms with Crippen molar-refractivity contribution in [2.24, 2.45) is 0 Å². The smallest absolute Gasteiger partial charge is 0.188 e. The van der Waals surface area contributed by atoms with Crippen LogP contribution in [0.2, 0.25) is 15.1 Å². The summed E-state index contributed by atoms with van der Waals surface area (Å²) in [5.74, 6) is 2.17. The van der Waals surface area contributed by atoms with Gasteiger partial charge in [-0.3, -0.25) is 0 Å². The molecule has 140 valence electrons. The molecule has 0 spiro atoms. The molecule has 0 aromatic heterocycles. The highest BCUT2D eigenvalue weighted by Crippen LogP contribution is 2.56. The monoisotopic (exact) mass is 431 g/mol. The maximum Gasteiger partial charge on any atom is 0.188 e. The summed E-state index contributed by atoms with van der Waals surface area (Å²) in [6.45, 7) is 0. The van der Waals surface area contributed by atoms with Gasteiger partial charge in [-0.15, -0.1) is 0 Å². The van der Waals surface area contributed by atoms with E-state index in [2.05, 4.69) is 0 Å². The van der Waals surface area contributed by atoms with Gasteiger partial charge in [-0.05, 0) is 54.6 Å². The number of halogens is 3. The zero-order valence-electron chi connectivity index (χ0n) is 14.2. The van der Waals surface area contributed by atoms with Gasteiger partial charge in [0.25, 0.3) is 0 Å². The summed E-state index contributed by atoms with van der Waals surface area (Å²) in [5, 5.41) is 1.85. The number of benzene rings is 3. The van der Waals surface area contributed by atoms with Crippen molar-refractivity contribution in [3.8, 4) is 17.2 Å². The molecule has 0 fully saturated rings. The molecule has 3 atom stereocenters. The predicted molar refractivity (Wildman–Crippen MR) is 106 cm³/mol. The molecule has 0 amide bonds. The molecule has 0 saturated heterocycles. The number of nitrogens with zero attached hydrogens (tertiary/aromatic N) is 1. The fourth-order valence-electron chi connectivity index (χ4n) is 4.04. The molecular weight excluding hydrogens is 421 g/mol. The summed E-state index contributed by atoms with van der Waals surface area (Å²) in [6, 6.07) is 16.6. The van der Waals surface area contributed by atoms with Crippen molar-refractivity contribution in [2.75, 3.05) is 0 Å². The van der Waals surface area contributed by atoms with E-state index in [9.17, 15) is 0 Å². The van der Waals surface area contributed by atoms with E-state index < -0.39 is 18.7 Å². The Morgan fingerprint density at radius 3 is 1.18 bits per heavy atom. The van der Waals surface area contributed by atoms with Gasteiger partial charge in [-0.1, -0.05) is 34.8 Å². The van der Waals surface area contributed by atoms with E-state index in [0.717, 1.165) is 33.9 Å². The second-order valence-corrected chi connectivity index (χ2v) is 8.21. The van der Waals surface area contributed by atoms with Crippen LogP contribution in [-0.4, -0.2) is 4.90 Å². The standard InChI is InChI=1S/C21H12Cl3NO3/c22-10-1-4-16-13(7-10)19-25-20(26-16)14-8-11(23)2-5-17(14)28-21(25)15-9-12(24)3-6-18(15)27-19/h1-9,19-21H. The molecule has 6 rings (SSSR count). The lowest BCUT2D eigenvalue weighted by Crippen LogP contribution is -2.50. The predicted octanol–water partition coefficient (Wildman–Crippen LogP) is 6.52. The SMILES string of the molecule is Clc1ccc2c(c1)C1Oc3ccc(Cl)cc3C3Oc4ccc(Cl)cc4C(O2)N13. The van der Waals surface area contributed by atoms with Gasteiger partial charge in [0, 0.05) is 15.1 Å². The summed E-state index contributed by atoms with van der Waals surface area (Å²) in [4.78, 5) is 2.04. The van der Waals surface area contributed by atoms with Crippen molar-refractivity contribution in [1.82, 2.24) is 4.90 Å². The van der Waals surface area contributed by atoms with Crippen LogP contribution in [0.15, 0.2) is 54.6 Å². The highest BCUT2D eigenvalue weighted by molar-refractivity contribution is 6.31. The molecule has 7 heteroatoms. The van der Waals surface area contributed by atoms with Gasteiger partial charge in [0.05, 0.1) is 16.7 Å². The molecule has 3 aliphatic rings. The van der Waals surface area contributed by atoms with Gasteiger partial charge < -0.3 is 14.2 Å². The fourth-order valence-corrected chi connectivity index (χ4v) is 4.59. The van der Waals surface area contributed by atoms with Gasteiger partial charge in [0.2, 0.25) is 0 Å². The Balaban J connectivity index is 1.61. The van der Waals surface area contributed by atoms with E-state index in [1.54, 1.807) is 0 Å². The molecular formula is C21H12Cl3NO3. The Hall–Kier alpha value is -2.11. The number of ether oxygens (including phenoxy) is 3. The highest BCUT2D eigenvalue weighted by Gasteiger charge is 2.51. The number of hydrogen-bond donors (Lipinski definition) is 0. The van der Waals surface area contributed by atoms with Gasteiger partial charge in [0.15, 0.2) is 18.7 Å². The Labute approximate surface area is 176 Å².